The van der Waals surface area contributed by atoms with E-state index in [1.807, 2.05) is 44.2 Å². The van der Waals surface area contributed by atoms with Gasteiger partial charge in [0.25, 0.3) is 0 Å². The monoisotopic (exact) mass is 393 g/mol. The van der Waals surface area contributed by atoms with Crippen molar-refractivity contribution in [3.05, 3.63) is 42.0 Å². The van der Waals surface area contributed by atoms with Crippen molar-refractivity contribution < 1.29 is 18.7 Å². The molecular formula is C24H27NO4. The van der Waals surface area contributed by atoms with Gasteiger partial charge in [-0.25, -0.2) is 4.79 Å². The van der Waals surface area contributed by atoms with Gasteiger partial charge in [0.2, 0.25) is 5.91 Å². The maximum atomic E-state index is 13.5. The van der Waals surface area contributed by atoms with Gasteiger partial charge in [-0.1, -0.05) is 37.5 Å². The first-order chi connectivity index (χ1) is 14.0. The quantitative estimate of drug-likeness (QED) is 0.534. The summed E-state index contributed by atoms with van der Waals surface area (Å²) >= 11 is 0. The van der Waals surface area contributed by atoms with Crippen LogP contribution in [0.25, 0.3) is 21.9 Å². The fourth-order valence-corrected chi connectivity index (χ4v) is 4.43. The summed E-state index contributed by atoms with van der Waals surface area (Å²) in [6.45, 7) is 3.97. The van der Waals surface area contributed by atoms with Crippen LogP contribution in [0.4, 0.5) is 5.69 Å². The highest BCUT2D eigenvalue weighted by Gasteiger charge is 2.32. The fourth-order valence-electron chi connectivity index (χ4n) is 4.43. The number of anilines is 1. The second-order valence-electron chi connectivity index (χ2n) is 8.09. The zero-order valence-electron chi connectivity index (χ0n) is 17.2. The van der Waals surface area contributed by atoms with E-state index in [1.54, 1.807) is 11.0 Å². The van der Waals surface area contributed by atoms with Gasteiger partial charge in [-0.15, -0.1) is 0 Å². The molecule has 1 aromatic heterocycles. The molecule has 0 saturated heterocycles. The molecule has 0 atom stereocenters. The topological polar surface area (TPSA) is 59.8 Å². The van der Waals surface area contributed by atoms with Crippen molar-refractivity contribution in [3.8, 4) is 0 Å². The molecule has 2 aromatic carbocycles. The minimum Gasteiger partial charge on any atom is -0.465 e. The van der Waals surface area contributed by atoms with Crippen molar-refractivity contribution >= 4 is 39.5 Å². The third-order valence-electron chi connectivity index (χ3n) is 5.87. The number of amides is 1. The maximum absolute atomic E-state index is 13.5. The van der Waals surface area contributed by atoms with E-state index >= 15 is 0 Å². The van der Waals surface area contributed by atoms with Crippen LogP contribution in [0.3, 0.4) is 0 Å². The van der Waals surface area contributed by atoms with Gasteiger partial charge in [0.1, 0.15) is 11.2 Å². The number of esters is 1. The van der Waals surface area contributed by atoms with Crippen LogP contribution in [0.2, 0.25) is 0 Å². The number of carbonyl (C=O) groups excluding carboxylic acids is 2. The lowest BCUT2D eigenvalue weighted by Gasteiger charge is -2.33. The average molecular weight is 393 g/mol. The van der Waals surface area contributed by atoms with Crippen molar-refractivity contribution in [1.82, 2.24) is 0 Å². The number of methoxy groups -OCH3 is 1. The molecule has 3 aromatic rings. The largest absolute Gasteiger partial charge is 0.465 e. The van der Waals surface area contributed by atoms with Crippen molar-refractivity contribution in [1.29, 1.82) is 0 Å². The van der Waals surface area contributed by atoms with E-state index in [0.717, 1.165) is 42.0 Å². The molecule has 1 aliphatic rings. The first-order valence-electron chi connectivity index (χ1n) is 10.4. The van der Waals surface area contributed by atoms with E-state index in [0.29, 0.717) is 16.8 Å². The summed E-state index contributed by atoms with van der Waals surface area (Å²) in [6, 6.07) is 11.3. The number of para-hydroxylation sites is 1. The molecule has 1 saturated carbocycles. The number of ether oxygens (including phenoxy) is 1. The van der Waals surface area contributed by atoms with Crippen molar-refractivity contribution in [2.24, 2.45) is 5.92 Å². The Morgan fingerprint density at radius 1 is 1.03 bits per heavy atom. The van der Waals surface area contributed by atoms with Crippen LogP contribution in [0.5, 0.6) is 0 Å². The van der Waals surface area contributed by atoms with Gasteiger partial charge in [0, 0.05) is 22.7 Å². The summed E-state index contributed by atoms with van der Waals surface area (Å²) in [6.07, 6.45) is 5.17. The van der Waals surface area contributed by atoms with Gasteiger partial charge in [-0.05, 0) is 44.9 Å². The minimum absolute atomic E-state index is 0.00781. The Kier molecular flexibility index (Phi) is 5.31. The number of nitrogens with zero attached hydrogens (tertiary/aromatic N) is 1. The lowest BCUT2D eigenvalue weighted by atomic mass is 9.87. The van der Waals surface area contributed by atoms with Crippen LogP contribution in [0.15, 0.2) is 40.8 Å². The zero-order valence-corrected chi connectivity index (χ0v) is 17.2. The van der Waals surface area contributed by atoms with E-state index in [9.17, 15) is 9.59 Å². The Labute approximate surface area is 170 Å². The molecule has 1 aliphatic carbocycles. The SMILES string of the molecule is COC(=O)c1cc2oc3ccccc3c2cc1N(C(=O)C1CCCCC1)C(C)C. The highest BCUT2D eigenvalue weighted by molar-refractivity contribution is 6.12. The molecule has 0 bridgehead atoms. The number of benzene rings is 2. The van der Waals surface area contributed by atoms with Gasteiger partial charge in [0.05, 0.1) is 18.4 Å². The van der Waals surface area contributed by atoms with Crippen molar-refractivity contribution in [3.63, 3.8) is 0 Å². The molecule has 1 heterocycles. The van der Waals surface area contributed by atoms with Gasteiger partial charge in [-0.2, -0.15) is 0 Å². The fraction of sp³-hybridized carbons (Fsp3) is 0.417. The van der Waals surface area contributed by atoms with E-state index in [2.05, 4.69) is 0 Å². The summed E-state index contributed by atoms with van der Waals surface area (Å²) in [7, 11) is 1.36. The maximum Gasteiger partial charge on any atom is 0.340 e. The van der Waals surface area contributed by atoms with Crippen LogP contribution in [-0.2, 0) is 9.53 Å². The predicted molar refractivity (Wildman–Crippen MR) is 114 cm³/mol. The van der Waals surface area contributed by atoms with Crippen LogP contribution in [0.1, 0.15) is 56.3 Å². The number of rotatable bonds is 4. The lowest BCUT2D eigenvalue weighted by molar-refractivity contribution is -0.123. The molecule has 0 unspecified atom stereocenters. The average Bonchev–Trinajstić information content (AvgIpc) is 3.10. The van der Waals surface area contributed by atoms with E-state index in [4.69, 9.17) is 9.15 Å². The van der Waals surface area contributed by atoms with Gasteiger partial charge in [-0.3, -0.25) is 4.79 Å². The number of hydrogen-bond donors (Lipinski definition) is 0. The Hall–Kier alpha value is -2.82. The normalized spacial score (nSPS) is 15.2. The molecule has 1 fully saturated rings. The third kappa shape index (κ3) is 3.50. The van der Waals surface area contributed by atoms with Crippen LogP contribution in [0, 0.1) is 5.92 Å². The van der Waals surface area contributed by atoms with Crippen LogP contribution >= 0.6 is 0 Å². The summed E-state index contributed by atoms with van der Waals surface area (Å²) in [5, 5.41) is 1.86. The van der Waals surface area contributed by atoms with Crippen LogP contribution < -0.4 is 4.90 Å². The molecule has 1 amide bonds. The molecule has 5 nitrogen and oxygen atoms in total. The second kappa shape index (κ2) is 7.90. The predicted octanol–water partition coefficient (Wildman–Crippen LogP) is 5.69. The highest BCUT2D eigenvalue weighted by atomic mass is 16.5. The zero-order chi connectivity index (χ0) is 20.5. The van der Waals surface area contributed by atoms with E-state index in [-0.39, 0.29) is 17.9 Å². The second-order valence-corrected chi connectivity index (χ2v) is 8.09. The molecular weight excluding hydrogens is 366 g/mol. The van der Waals surface area contributed by atoms with Gasteiger partial charge < -0.3 is 14.1 Å². The minimum atomic E-state index is -0.468. The molecule has 0 N–H and O–H groups in total. The highest BCUT2D eigenvalue weighted by Crippen LogP contribution is 2.37. The summed E-state index contributed by atoms with van der Waals surface area (Å²) < 4.78 is 11.0. The third-order valence-corrected chi connectivity index (χ3v) is 5.87. The van der Waals surface area contributed by atoms with Gasteiger partial charge in [0.15, 0.2) is 0 Å². The van der Waals surface area contributed by atoms with Crippen LogP contribution in [-0.4, -0.2) is 25.0 Å². The van der Waals surface area contributed by atoms with Crippen molar-refractivity contribution in [2.45, 2.75) is 52.0 Å². The molecule has 152 valence electrons. The molecule has 29 heavy (non-hydrogen) atoms. The Bertz CT molecular complexity index is 1060. The molecule has 0 radical (unpaired) electrons. The summed E-state index contributed by atoms with van der Waals surface area (Å²) in [4.78, 5) is 27.9. The summed E-state index contributed by atoms with van der Waals surface area (Å²) in [5.41, 5.74) is 2.33. The Morgan fingerprint density at radius 2 is 1.76 bits per heavy atom. The number of carbonyl (C=O) groups is 2. The van der Waals surface area contributed by atoms with Gasteiger partial charge >= 0.3 is 5.97 Å². The Balaban J connectivity index is 1.90. The first-order valence-corrected chi connectivity index (χ1v) is 10.4. The van der Waals surface area contributed by atoms with E-state index < -0.39 is 5.97 Å². The molecule has 0 spiro atoms. The summed E-state index contributed by atoms with van der Waals surface area (Å²) in [5.74, 6) is -0.366. The number of hydrogen-bond acceptors (Lipinski definition) is 4. The Morgan fingerprint density at radius 3 is 2.45 bits per heavy atom. The standard InChI is InChI=1S/C24H27NO4/c1-15(2)25(23(26)16-9-5-4-6-10-16)20-13-18-17-11-7-8-12-21(17)29-22(18)14-19(20)24(27)28-3/h7-8,11-16H,4-6,9-10H2,1-3H3. The van der Waals surface area contributed by atoms with Crippen molar-refractivity contribution in [2.75, 3.05) is 12.0 Å². The number of fused-ring (bicyclic) bond motifs is 3. The molecule has 5 heteroatoms. The van der Waals surface area contributed by atoms with E-state index in [1.165, 1.54) is 13.5 Å². The number of furan rings is 1. The molecule has 0 aliphatic heterocycles. The first kappa shape index (κ1) is 19.5. The molecule has 4 rings (SSSR count). The lowest BCUT2D eigenvalue weighted by Crippen LogP contribution is -2.42. The smallest absolute Gasteiger partial charge is 0.340 e.